The summed E-state index contributed by atoms with van der Waals surface area (Å²) in [6.07, 6.45) is 6.44. The van der Waals surface area contributed by atoms with Gasteiger partial charge in [-0.2, -0.15) is 4.31 Å². The fraction of sp³-hybridized carbons (Fsp3) is 1.00. The summed E-state index contributed by atoms with van der Waals surface area (Å²) in [5.41, 5.74) is 0. The van der Waals surface area contributed by atoms with Crippen LogP contribution in [0.4, 0.5) is 0 Å². The zero-order chi connectivity index (χ0) is 13.0. The van der Waals surface area contributed by atoms with E-state index in [0.717, 1.165) is 26.2 Å². The van der Waals surface area contributed by atoms with Crippen molar-refractivity contribution in [1.82, 2.24) is 14.5 Å². The van der Waals surface area contributed by atoms with E-state index in [-0.39, 0.29) is 0 Å². The second kappa shape index (κ2) is 6.32. The summed E-state index contributed by atoms with van der Waals surface area (Å²) in [5, 5.41) is 3.56. The molecule has 106 valence electrons. The van der Waals surface area contributed by atoms with Crippen LogP contribution in [0.5, 0.6) is 0 Å². The lowest BCUT2D eigenvalue weighted by atomic mass is 10.0. The van der Waals surface area contributed by atoms with Gasteiger partial charge in [0, 0.05) is 32.2 Å². The maximum absolute atomic E-state index is 11.4. The molecule has 2 aliphatic heterocycles. The molecule has 1 unspecified atom stereocenters. The summed E-state index contributed by atoms with van der Waals surface area (Å²) in [6.45, 7) is 5.30. The normalized spacial score (nSPS) is 28.4. The average molecular weight is 275 g/mol. The van der Waals surface area contributed by atoms with Crippen LogP contribution in [0.3, 0.4) is 0 Å². The standard InChI is InChI=1S/C12H25N3O2S/c1-18(16,17)15-10-8-14(9-11-15)7-5-12-4-2-3-6-13-12/h12-13H,2-11H2,1H3. The van der Waals surface area contributed by atoms with Crippen LogP contribution in [-0.2, 0) is 10.0 Å². The van der Waals surface area contributed by atoms with Gasteiger partial charge in [0.05, 0.1) is 6.26 Å². The fourth-order valence-corrected chi connectivity index (χ4v) is 3.62. The first-order valence-electron chi connectivity index (χ1n) is 6.96. The lowest BCUT2D eigenvalue weighted by Crippen LogP contribution is -2.49. The highest BCUT2D eigenvalue weighted by molar-refractivity contribution is 7.88. The number of sulfonamides is 1. The van der Waals surface area contributed by atoms with Crippen molar-refractivity contribution in [2.75, 3.05) is 45.5 Å². The molecule has 2 heterocycles. The van der Waals surface area contributed by atoms with Crippen molar-refractivity contribution in [1.29, 1.82) is 0 Å². The highest BCUT2D eigenvalue weighted by Crippen LogP contribution is 2.12. The third-order valence-electron chi connectivity index (χ3n) is 4.01. The Hall–Kier alpha value is -0.170. The Morgan fingerprint density at radius 2 is 1.89 bits per heavy atom. The van der Waals surface area contributed by atoms with Gasteiger partial charge in [-0.3, -0.25) is 0 Å². The Morgan fingerprint density at radius 1 is 1.17 bits per heavy atom. The van der Waals surface area contributed by atoms with Gasteiger partial charge in [0.15, 0.2) is 0 Å². The van der Waals surface area contributed by atoms with E-state index in [0.29, 0.717) is 19.1 Å². The second-order valence-electron chi connectivity index (χ2n) is 5.44. The van der Waals surface area contributed by atoms with Crippen LogP contribution in [0.15, 0.2) is 0 Å². The topological polar surface area (TPSA) is 52.7 Å². The molecule has 1 atom stereocenters. The van der Waals surface area contributed by atoms with Crippen molar-refractivity contribution < 1.29 is 8.42 Å². The molecule has 0 aliphatic carbocycles. The molecule has 5 nitrogen and oxygen atoms in total. The highest BCUT2D eigenvalue weighted by Gasteiger charge is 2.23. The zero-order valence-corrected chi connectivity index (χ0v) is 12.1. The Kier molecular flexibility index (Phi) is 5.00. The summed E-state index contributed by atoms with van der Waals surface area (Å²) < 4.78 is 24.4. The van der Waals surface area contributed by atoms with Gasteiger partial charge in [0.2, 0.25) is 10.0 Å². The minimum atomic E-state index is -2.99. The molecule has 0 spiro atoms. The predicted octanol–water partition coefficient (Wildman–Crippen LogP) is 0.0958. The van der Waals surface area contributed by atoms with Crippen LogP contribution in [0.1, 0.15) is 25.7 Å². The second-order valence-corrected chi connectivity index (χ2v) is 7.42. The first kappa shape index (κ1) is 14.2. The van der Waals surface area contributed by atoms with E-state index < -0.39 is 10.0 Å². The van der Waals surface area contributed by atoms with Crippen molar-refractivity contribution in [2.45, 2.75) is 31.7 Å². The van der Waals surface area contributed by atoms with E-state index in [1.54, 1.807) is 4.31 Å². The van der Waals surface area contributed by atoms with Gasteiger partial charge < -0.3 is 10.2 Å². The first-order chi connectivity index (χ1) is 8.55. The molecule has 0 saturated carbocycles. The van der Waals surface area contributed by atoms with Gasteiger partial charge in [-0.05, 0) is 32.4 Å². The van der Waals surface area contributed by atoms with Gasteiger partial charge >= 0.3 is 0 Å². The SMILES string of the molecule is CS(=O)(=O)N1CCN(CCC2CCCCN2)CC1. The minimum Gasteiger partial charge on any atom is -0.314 e. The van der Waals surface area contributed by atoms with E-state index in [4.69, 9.17) is 0 Å². The van der Waals surface area contributed by atoms with E-state index in [1.165, 1.54) is 31.9 Å². The molecule has 2 rings (SSSR count). The maximum Gasteiger partial charge on any atom is 0.211 e. The molecule has 18 heavy (non-hydrogen) atoms. The van der Waals surface area contributed by atoms with Gasteiger partial charge in [-0.15, -0.1) is 0 Å². The number of hydrogen-bond donors (Lipinski definition) is 1. The van der Waals surface area contributed by atoms with Crippen LogP contribution in [-0.4, -0.2) is 69.2 Å². The Labute approximate surface area is 111 Å². The van der Waals surface area contributed by atoms with Crippen molar-refractivity contribution in [3.63, 3.8) is 0 Å². The van der Waals surface area contributed by atoms with Gasteiger partial charge in [-0.25, -0.2) is 8.42 Å². The van der Waals surface area contributed by atoms with E-state index >= 15 is 0 Å². The number of hydrogen-bond acceptors (Lipinski definition) is 4. The molecule has 6 heteroatoms. The quantitative estimate of drug-likeness (QED) is 0.790. The number of nitrogens with zero attached hydrogens (tertiary/aromatic N) is 2. The minimum absolute atomic E-state index is 0.650. The molecule has 2 fully saturated rings. The van der Waals surface area contributed by atoms with Gasteiger partial charge in [0.1, 0.15) is 0 Å². The van der Waals surface area contributed by atoms with Crippen molar-refractivity contribution in [3.05, 3.63) is 0 Å². The summed E-state index contributed by atoms with van der Waals surface area (Å²) >= 11 is 0. The largest absolute Gasteiger partial charge is 0.314 e. The van der Waals surface area contributed by atoms with Crippen LogP contribution in [0.2, 0.25) is 0 Å². The fourth-order valence-electron chi connectivity index (χ4n) is 2.79. The molecule has 0 amide bonds. The lowest BCUT2D eigenvalue weighted by Gasteiger charge is -2.34. The van der Waals surface area contributed by atoms with Gasteiger partial charge in [0.25, 0.3) is 0 Å². The Balaban J connectivity index is 1.67. The third-order valence-corrected chi connectivity index (χ3v) is 5.31. The number of nitrogens with one attached hydrogen (secondary N) is 1. The van der Waals surface area contributed by atoms with E-state index in [1.807, 2.05) is 0 Å². The monoisotopic (exact) mass is 275 g/mol. The summed E-state index contributed by atoms with van der Waals surface area (Å²) in [4.78, 5) is 2.39. The number of rotatable bonds is 4. The van der Waals surface area contributed by atoms with Crippen LogP contribution < -0.4 is 5.32 Å². The van der Waals surface area contributed by atoms with Crippen molar-refractivity contribution >= 4 is 10.0 Å². The molecule has 0 bridgehead atoms. The van der Waals surface area contributed by atoms with E-state index in [9.17, 15) is 8.42 Å². The molecule has 2 aliphatic rings. The molecule has 0 aromatic carbocycles. The third kappa shape index (κ3) is 4.19. The van der Waals surface area contributed by atoms with Crippen LogP contribution in [0, 0.1) is 0 Å². The Bertz CT molecular complexity index is 344. The van der Waals surface area contributed by atoms with Crippen LogP contribution in [0.25, 0.3) is 0 Å². The Morgan fingerprint density at radius 3 is 2.44 bits per heavy atom. The maximum atomic E-state index is 11.4. The summed E-state index contributed by atoms with van der Waals surface area (Å²) in [6, 6.07) is 0.673. The zero-order valence-electron chi connectivity index (χ0n) is 11.3. The van der Waals surface area contributed by atoms with Crippen molar-refractivity contribution in [2.24, 2.45) is 0 Å². The van der Waals surface area contributed by atoms with E-state index in [2.05, 4.69) is 10.2 Å². The number of piperidine rings is 1. The lowest BCUT2D eigenvalue weighted by molar-refractivity contribution is 0.178. The highest BCUT2D eigenvalue weighted by atomic mass is 32.2. The molecule has 0 radical (unpaired) electrons. The smallest absolute Gasteiger partial charge is 0.211 e. The first-order valence-corrected chi connectivity index (χ1v) is 8.81. The van der Waals surface area contributed by atoms with Crippen molar-refractivity contribution in [3.8, 4) is 0 Å². The summed E-state index contributed by atoms with van der Waals surface area (Å²) in [5.74, 6) is 0. The summed E-state index contributed by atoms with van der Waals surface area (Å²) in [7, 11) is -2.99. The van der Waals surface area contributed by atoms with Gasteiger partial charge in [-0.1, -0.05) is 6.42 Å². The molecule has 0 aromatic rings. The average Bonchev–Trinajstić information content (AvgIpc) is 2.37. The van der Waals surface area contributed by atoms with Crippen LogP contribution >= 0.6 is 0 Å². The molecule has 2 saturated heterocycles. The number of piperazine rings is 1. The molecular weight excluding hydrogens is 250 g/mol. The predicted molar refractivity (Wildman–Crippen MR) is 73.1 cm³/mol. The molecule has 0 aromatic heterocycles. The molecular formula is C12H25N3O2S. The molecule has 1 N–H and O–H groups in total.